The lowest BCUT2D eigenvalue weighted by molar-refractivity contribution is 0.0522. The average Bonchev–Trinajstić information content (AvgIpc) is 2.34. The molecule has 0 heterocycles. The number of benzene rings is 1. The predicted molar refractivity (Wildman–Crippen MR) is 62.4 cm³/mol. The summed E-state index contributed by atoms with van der Waals surface area (Å²) in [5.74, 6) is -0.537. The van der Waals surface area contributed by atoms with Gasteiger partial charge in [0, 0.05) is 11.1 Å². The number of rotatable bonds is 2. The number of fused-ring (bicyclic) bond motifs is 1. The maximum atomic E-state index is 11.6. The molecule has 1 aromatic carbocycles. The molecule has 0 saturated heterocycles. The Balaban J connectivity index is 2.48. The van der Waals surface area contributed by atoms with Gasteiger partial charge in [0.05, 0.1) is 6.61 Å². The van der Waals surface area contributed by atoms with Gasteiger partial charge in [0.15, 0.2) is 0 Å². The fourth-order valence-electron chi connectivity index (χ4n) is 2.27. The first-order valence-corrected chi connectivity index (χ1v) is 5.89. The molecule has 1 aliphatic carbocycles. The van der Waals surface area contributed by atoms with Gasteiger partial charge in [0.25, 0.3) is 0 Å². The van der Waals surface area contributed by atoms with Gasteiger partial charge in [0.1, 0.15) is 17.1 Å². The molecule has 0 bridgehead atoms. The zero-order valence-electron chi connectivity index (χ0n) is 9.82. The van der Waals surface area contributed by atoms with E-state index in [2.05, 4.69) is 0 Å². The third-order valence-corrected chi connectivity index (χ3v) is 3.09. The van der Waals surface area contributed by atoms with Crippen molar-refractivity contribution < 1.29 is 19.7 Å². The smallest absolute Gasteiger partial charge is 0.342 e. The second kappa shape index (κ2) is 4.65. The number of ether oxygens (including phenoxy) is 1. The number of hydrogen-bond acceptors (Lipinski definition) is 4. The Kier molecular flexibility index (Phi) is 3.22. The minimum Gasteiger partial charge on any atom is -0.508 e. The normalized spacial score (nSPS) is 14.2. The lowest BCUT2D eigenvalue weighted by Gasteiger charge is -2.19. The molecule has 0 amide bonds. The summed E-state index contributed by atoms with van der Waals surface area (Å²) in [4.78, 5) is 11.6. The first-order chi connectivity index (χ1) is 8.15. The molecule has 0 atom stereocenters. The summed E-state index contributed by atoms with van der Waals surface area (Å²) in [6.07, 6.45) is 3.41. The van der Waals surface area contributed by atoms with Crippen LogP contribution in [0.1, 0.15) is 41.3 Å². The highest BCUT2D eigenvalue weighted by atomic mass is 16.5. The van der Waals surface area contributed by atoms with E-state index in [0.717, 1.165) is 24.8 Å². The van der Waals surface area contributed by atoms with Gasteiger partial charge >= 0.3 is 5.97 Å². The molecule has 0 unspecified atom stereocenters. The van der Waals surface area contributed by atoms with E-state index in [1.54, 1.807) is 6.92 Å². The van der Waals surface area contributed by atoms with Crippen molar-refractivity contribution in [1.29, 1.82) is 0 Å². The van der Waals surface area contributed by atoms with Crippen LogP contribution in [0.4, 0.5) is 0 Å². The number of hydrogen-bond donors (Lipinski definition) is 2. The van der Waals surface area contributed by atoms with Crippen LogP contribution in [0.25, 0.3) is 0 Å². The standard InChI is InChI=1S/C13H16O4/c1-2-17-13(16)10-7-11(14)8-5-3-4-6-9(8)12(10)15/h7,14-15H,2-6H2,1H3. The van der Waals surface area contributed by atoms with Crippen molar-refractivity contribution in [1.82, 2.24) is 0 Å². The van der Waals surface area contributed by atoms with Crippen LogP contribution in [0.15, 0.2) is 6.07 Å². The molecule has 0 radical (unpaired) electrons. The number of carbonyl (C=O) groups excluding carboxylic acids is 1. The molecule has 2 rings (SSSR count). The summed E-state index contributed by atoms with van der Waals surface area (Å²) < 4.78 is 4.84. The molecule has 4 nitrogen and oxygen atoms in total. The molecule has 0 fully saturated rings. The Hall–Kier alpha value is -1.71. The minimum atomic E-state index is -0.589. The second-order valence-electron chi connectivity index (χ2n) is 4.18. The molecular weight excluding hydrogens is 220 g/mol. The van der Waals surface area contributed by atoms with Crippen LogP contribution in [-0.4, -0.2) is 22.8 Å². The van der Waals surface area contributed by atoms with Crippen LogP contribution in [0, 0.1) is 0 Å². The summed E-state index contributed by atoms with van der Waals surface area (Å²) in [6, 6.07) is 1.30. The molecule has 1 aromatic rings. The maximum absolute atomic E-state index is 11.6. The van der Waals surface area contributed by atoms with Crippen LogP contribution in [0.5, 0.6) is 11.5 Å². The van der Waals surface area contributed by atoms with E-state index >= 15 is 0 Å². The Morgan fingerprint density at radius 2 is 1.94 bits per heavy atom. The SMILES string of the molecule is CCOC(=O)c1cc(O)c2c(c1O)CCCC2. The number of aromatic hydroxyl groups is 2. The monoisotopic (exact) mass is 236 g/mol. The maximum Gasteiger partial charge on any atom is 0.342 e. The third-order valence-electron chi connectivity index (χ3n) is 3.09. The summed E-state index contributed by atoms with van der Waals surface area (Å²) >= 11 is 0. The summed E-state index contributed by atoms with van der Waals surface area (Å²) in [7, 11) is 0. The first kappa shape index (κ1) is 11.8. The van der Waals surface area contributed by atoms with E-state index in [1.807, 2.05) is 0 Å². The Morgan fingerprint density at radius 1 is 1.29 bits per heavy atom. The van der Waals surface area contributed by atoms with E-state index < -0.39 is 5.97 Å². The zero-order chi connectivity index (χ0) is 12.4. The summed E-state index contributed by atoms with van der Waals surface area (Å²) in [6.45, 7) is 1.95. The lowest BCUT2D eigenvalue weighted by Crippen LogP contribution is -2.10. The molecule has 0 aromatic heterocycles. The van der Waals surface area contributed by atoms with E-state index in [1.165, 1.54) is 6.07 Å². The topological polar surface area (TPSA) is 66.8 Å². The summed E-state index contributed by atoms with van der Waals surface area (Å²) in [5.41, 5.74) is 1.52. The molecule has 0 saturated carbocycles. The van der Waals surface area contributed by atoms with Crippen molar-refractivity contribution in [2.45, 2.75) is 32.6 Å². The van der Waals surface area contributed by atoms with Gasteiger partial charge < -0.3 is 14.9 Å². The number of phenols is 2. The molecule has 0 aliphatic heterocycles. The van der Waals surface area contributed by atoms with Crippen molar-refractivity contribution in [3.8, 4) is 11.5 Å². The van der Waals surface area contributed by atoms with Crippen LogP contribution in [0.2, 0.25) is 0 Å². The number of carbonyl (C=O) groups is 1. The van der Waals surface area contributed by atoms with E-state index in [0.29, 0.717) is 12.0 Å². The highest BCUT2D eigenvalue weighted by molar-refractivity contribution is 5.93. The first-order valence-electron chi connectivity index (χ1n) is 5.89. The molecule has 1 aliphatic rings. The van der Waals surface area contributed by atoms with Crippen LogP contribution >= 0.6 is 0 Å². The summed E-state index contributed by atoms with van der Waals surface area (Å²) in [5, 5.41) is 19.9. The second-order valence-corrected chi connectivity index (χ2v) is 4.18. The van der Waals surface area contributed by atoms with Crippen molar-refractivity contribution in [3.05, 3.63) is 22.8 Å². The third kappa shape index (κ3) is 2.07. The fourth-order valence-corrected chi connectivity index (χ4v) is 2.27. The largest absolute Gasteiger partial charge is 0.508 e. The molecule has 0 spiro atoms. The Labute approximate surface area is 99.8 Å². The van der Waals surface area contributed by atoms with Crippen molar-refractivity contribution in [3.63, 3.8) is 0 Å². The molecule has 17 heavy (non-hydrogen) atoms. The van der Waals surface area contributed by atoms with Crippen LogP contribution < -0.4 is 0 Å². The molecule has 4 heteroatoms. The number of phenolic OH excluding ortho intramolecular Hbond substituents is 2. The quantitative estimate of drug-likeness (QED) is 0.610. The Morgan fingerprint density at radius 3 is 2.59 bits per heavy atom. The van der Waals surface area contributed by atoms with Gasteiger partial charge in [-0.2, -0.15) is 0 Å². The highest BCUT2D eigenvalue weighted by Crippen LogP contribution is 2.38. The van der Waals surface area contributed by atoms with Gasteiger partial charge in [-0.1, -0.05) is 0 Å². The lowest BCUT2D eigenvalue weighted by atomic mass is 9.88. The fraction of sp³-hybridized carbons (Fsp3) is 0.462. The predicted octanol–water partition coefficient (Wildman–Crippen LogP) is 2.15. The van der Waals surface area contributed by atoms with Gasteiger partial charge in [-0.25, -0.2) is 4.79 Å². The van der Waals surface area contributed by atoms with Crippen molar-refractivity contribution >= 4 is 5.97 Å². The van der Waals surface area contributed by atoms with Crippen molar-refractivity contribution in [2.75, 3.05) is 6.61 Å². The average molecular weight is 236 g/mol. The molecule has 92 valence electrons. The van der Waals surface area contributed by atoms with E-state index in [-0.39, 0.29) is 23.7 Å². The minimum absolute atomic E-state index is 0.0315. The molecule has 2 N–H and O–H groups in total. The van der Waals surface area contributed by atoms with Gasteiger partial charge in [0.2, 0.25) is 0 Å². The highest BCUT2D eigenvalue weighted by Gasteiger charge is 2.23. The Bertz CT molecular complexity index is 451. The zero-order valence-corrected chi connectivity index (χ0v) is 9.82. The van der Waals surface area contributed by atoms with E-state index in [9.17, 15) is 15.0 Å². The molecular formula is C13H16O4. The van der Waals surface area contributed by atoms with Gasteiger partial charge in [-0.05, 0) is 38.7 Å². The van der Waals surface area contributed by atoms with Gasteiger partial charge in [-0.3, -0.25) is 0 Å². The van der Waals surface area contributed by atoms with Gasteiger partial charge in [-0.15, -0.1) is 0 Å². The van der Waals surface area contributed by atoms with Crippen LogP contribution in [0.3, 0.4) is 0 Å². The number of esters is 1. The van der Waals surface area contributed by atoms with Crippen LogP contribution in [-0.2, 0) is 17.6 Å². The van der Waals surface area contributed by atoms with Crippen molar-refractivity contribution in [2.24, 2.45) is 0 Å². The van der Waals surface area contributed by atoms with E-state index in [4.69, 9.17) is 4.74 Å².